The van der Waals surface area contributed by atoms with Gasteiger partial charge in [0.2, 0.25) is 0 Å². The number of aliphatic carboxylic acids is 1. The molecule has 0 aliphatic rings. The molecule has 0 aromatic rings. The molecule has 7 nitrogen and oxygen atoms in total. The second kappa shape index (κ2) is 7.32. The number of hydrogen-bond acceptors (Lipinski definition) is 4. The molecule has 0 heterocycles. The van der Waals surface area contributed by atoms with Gasteiger partial charge in [0.05, 0.1) is 11.7 Å². The number of rotatable bonds is 7. The number of carboxylic acids is 1. The highest BCUT2D eigenvalue weighted by Gasteiger charge is 2.22. The third kappa shape index (κ3) is 7.66. The number of amides is 2. The van der Waals surface area contributed by atoms with Crippen LogP contribution < -0.4 is 5.32 Å². The van der Waals surface area contributed by atoms with Crippen molar-refractivity contribution in [1.29, 1.82) is 0 Å². The summed E-state index contributed by atoms with van der Waals surface area (Å²) in [4.78, 5) is 23.8. The maximum atomic E-state index is 11.6. The Labute approximate surface area is 113 Å². The minimum atomic E-state index is -3.13. The number of sulfone groups is 1. The van der Waals surface area contributed by atoms with Gasteiger partial charge < -0.3 is 15.3 Å². The maximum absolute atomic E-state index is 11.6. The van der Waals surface area contributed by atoms with Crippen LogP contribution in [0.2, 0.25) is 0 Å². The van der Waals surface area contributed by atoms with Gasteiger partial charge in [0.25, 0.3) is 0 Å². The van der Waals surface area contributed by atoms with Gasteiger partial charge in [-0.25, -0.2) is 13.2 Å². The summed E-state index contributed by atoms with van der Waals surface area (Å²) < 4.78 is 21.9. The van der Waals surface area contributed by atoms with Crippen molar-refractivity contribution < 1.29 is 23.1 Å². The third-order valence-electron chi connectivity index (χ3n) is 2.74. The first kappa shape index (κ1) is 17.7. The molecule has 0 aromatic heterocycles. The molecule has 0 aromatic carbocycles. The van der Waals surface area contributed by atoms with Gasteiger partial charge in [0.15, 0.2) is 0 Å². The van der Waals surface area contributed by atoms with Crippen molar-refractivity contribution >= 4 is 21.8 Å². The van der Waals surface area contributed by atoms with Crippen molar-refractivity contribution in [2.24, 2.45) is 11.8 Å². The van der Waals surface area contributed by atoms with E-state index in [1.54, 1.807) is 13.8 Å². The molecule has 8 heteroatoms. The van der Waals surface area contributed by atoms with Crippen LogP contribution >= 0.6 is 0 Å². The molecule has 0 rings (SSSR count). The number of carboxylic acid groups (broad SMARTS) is 1. The highest BCUT2D eigenvalue weighted by molar-refractivity contribution is 7.90. The number of nitrogens with zero attached hydrogens (tertiary/aromatic N) is 1. The van der Waals surface area contributed by atoms with Crippen LogP contribution in [0.5, 0.6) is 0 Å². The Kier molecular flexibility index (Phi) is 6.82. The lowest BCUT2D eigenvalue weighted by Crippen LogP contribution is -2.43. The van der Waals surface area contributed by atoms with Gasteiger partial charge in [-0.15, -0.1) is 0 Å². The van der Waals surface area contributed by atoms with Crippen molar-refractivity contribution in [3.05, 3.63) is 0 Å². The van der Waals surface area contributed by atoms with Crippen LogP contribution in [0.25, 0.3) is 0 Å². The summed E-state index contributed by atoms with van der Waals surface area (Å²) in [5, 5.41) is 11.5. The van der Waals surface area contributed by atoms with E-state index in [0.29, 0.717) is 0 Å². The van der Waals surface area contributed by atoms with Gasteiger partial charge in [-0.05, 0) is 5.92 Å². The monoisotopic (exact) mass is 294 g/mol. The summed E-state index contributed by atoms with van der Waals surface area (Å²) in [5.41, 5.74) is 0. The predicted molar refractivity (Wildman–Crippen MR) is 71.7 cm³/mol. The minimum Gasteiger partial charge on any atom is -0.481 e. The number of urea groups is 1. The van der Waals surface area contributed by atoms with Crippen molar-refractivity contribution in [3.8, 4) is 0 Å². The van der Waals surface area contributed by atoms with Crippen LogP contribution in [-0.2, 0) is 14.6 Å². The molecule has 19 heavy (non-hydrogen) atoms. The van der Waals surface area contributed by atoms with Crippen molar-refractivity contribution in [3.63, 3.8) is 0 Å². The summed E-state index contributed by atoms with van der Waals surface area (Å²) in [6.45, 7) is 3.62. The van der Waals surface area contributed by atoms with E-state index < -0.39 is 27.8 Å². The zero-order valence-corrected chi connectivity index (χ0v) is 12.5. The molecule has 1 atom stereocenters. The topological polar surface area (TPSA) is 104 Å². The van der Waals surface area contributed by atoms with E-state index in [1.807, 2.05) is 0 Å². The van der Waals surface area contributed by atoms with E-state index in [4.69, 9.17) is 5.11 Å². The summed E-state index contributed by atoms with van der Waals surface area (Å²) in [6.07, 6.45) is 1.10. The summed E-state index contributed by atoms with van der Waals surface area (Å²) >= 11 is 0. The average molecular weight is 294 g/mol. The second-order valence-electron chi connectivity index (χ2n) is 4.93. The first-order chi connectivity index (χ1) is 8.54. The molecule has 0 saturated carbocycles. The van der Waals surface area contributed by atoms with E-state index in [-0.39, 0.29) is 24.8 Å². The number of nitrogens with one attached hydrogen (secondary N) is 1. The predicted octanol–water partition coefficient (Wildman–Crippen LogP) is 0.0292. The standard InChI is InChI=1S/C11H22N2O5S/c1-8(2)9(10(14)15)7-12-11(16)13(3)5-6-19(4,17)18/h8-9H,5-7H2,1-4H3,(H,12,16)(H,14,15). The zero-order valence-electron chi connectivity index (χ0n) is 11.7. The molecule has 0 aliphatic heterocycles. The van der Waals surface area contributed by atoms with Gasteiger partial charge >= 0.3 is 12.0 Å². The SMILES string of the molecule is CC(C)C(CNC(=O)N(C)CCS(C)(=O)=O)C(=O)O. The molecular formula is C11H22N2O5S. The Morgan fingerprint density at radius 1 is 1.32 bits per heavy atom. The molecule has 2 amide bonds. The minimum absolute atomic E-state index is 0.0229. The zero-order chi connectivity index (χ0) is 15.2. The molecule has 112 valence electrons. The molecular weight excluding hydrogens is 272 g/mol. The normalized spacial score (nSPS) is 13.1. The van der Waals surface area contributed by atoms with Gasteiger partial charge in [0.1, 0.15) is 9.84 Å². The molecule has 0 spiro atoms. The summed E-state index contributed by atoms with van der Waals surface area (Å²) in [6, 6.07) is -0.476. The van der Waals surface area contributed by atoms with Gasteiger partial charge in [-0.3, -0.25) is 4.79 Å². The van der Waals surface area contributed by atoms with Crippen LogP contribution in [0.1, 0.15) is 13.8 Å². The smallest absolute Gasteiger partial charge is 0.317 e. The summed E-state index contributed by atoms with van der Waals surface area (Å²) in [5.74, 6) is -1.84. The molecule has 2 N–H and O–H groups in total. The Morgan fingerprint density at radius 3 is 2.21 bits per heavy atom. The Bertz CT molecular complexity index is 419. The number of hydrogen-bond donors (Lipinski definition) is 2. The van der Waals surface area contributed by atoms with E-state index in [1.165, 1.54) is 11.9 Å². The molecule has 1 unspecified atom stereocenters. The van der Waals surface area contributed by atoms with Gasteiger partial charge in [-0.2, -0.15) is 0 Å². The fourth-order valence-corrected chi connectivity index (χ4v) is 1.95. The van der Waals surface area contributed by atoms with Crippen molar-refractivity contribution in [2.45, 2.75) is 13.8 Å². The van der Waals surface area contributed by atoms with Crippen LogP contribution in [0.4, 0.5) is 4.79 Å². The van der Waals surface area contributed by atoms with E-state index in [9.17, 15) is 18.0 Å². The Hall–Kier alpha value is -1.31. The third-order valence-corrected chi connectivity index (χ3v) is 3.66. The van der Waals surface area contributed by atoms with Crippen molar-refractivity contribution in [2.75, 3.05) is 32.1 Å². The Morgan fingerprint density at radius 2 is 1.84 bits per heavy atom. The van der Waals surface area contributed by atoms with Crippen LogP contribution in [0.15, 0.2) is 0 Å². The van der Waals surface area contributed by atoms with E-state index >= 15 is 0 Å². The lowest BCUT2D eigenvalue weighted by atomic mass is 9.96. The fraction of sp³-hybridized carbons (Fsp3) is 0.818. The highest BCUT2D eigenvalue weighted by Crippen LogP contribution is 2.09. The Balaban J connectivity index is 4.26. The first-order valence-electron chi connectivity index (χ1n) is 5.94. The molecule has 0 fully saturated rings. The highest BCUT2D eigenvalue weighted by atomic mass is 32.2. The van der Waals surface area contributed by atoms with Crippen molar-refractivity contribution in [1.82, 2.24) is 10.2 Å². The first-order valence-corrected chi connectivity index (χ1v) is 8.00. The average Bonchev–Trinajstić information content (AvgIpc) is 2.23. The lowest BCUT2D eigenvalue weighted by molar-refractivity contribution is -0.142. The molecule has 0 radical (unpaired) electrons. The maximum Gasteiger partial charge on any atom is 0.317 e. The molecule has 0 bridgehead atoms. The number of carbonyl (C=O) groups is 2. The van der Waals surface area contributed by atoms with Crippen LogP contribution in [0, 0.1) is 11.8 Å². The number of carbonyl (C=O) groups excluding carboxylic acids is 1. The second-order valence-corrected chi connectivity index (χ2v) is 7.19. The molecule has 0 saturated heterocycles. The lowest BCUT2D eigenvalue weighted by Gasteiger charge is -2.21. The largest absolute Gasteiger partial charge is 0.481 e. The van der Waals surface area contributed by atoms with Crippen LogP contribution in [-0.4, -0.2) is 62.6 Å². The van der Waals surface area contributed by atoms with Crippen LogP contribution in [0.3, 0.4) is 0 Å². The van der Waals surface area contributed by atoms with E-state index in [2.05, 4.69) is 5.32 Å². The van der Waals surface area contributed by atoms with Gasteiger partial charge in [0, 0.05) is 26.4 Å². The van der Waals surface area contributed by atoms with E-state index in [0.717, 1.165) is 6.26 Å². The molecule has 0 aliphatic carbocycles. The quantitative estimate of drug-likeness (QED) is 0.689. The van der Waals surface area contributed by atoms with Gasteiger partial charge in [-0.1, -0.05) is 13.8 Å². The fourth-order valence-electron chi connectivity index (χ4n) is 1.34. The summed E-state index contributed by atoms with van der Waals surface area (Å²) in [7, 11) is -1.66.